The average molecular weight is 199 g/mol. The number of carbonyl (C=O) groups is 1. The highest BCUT2D eigenvalue weighted by atomic mass is 35.5. The second-order valence-electron chi connectivity index (χ2n) is 2.28. The Morgan fingerprint density at radius 1 is 1.62 bits per heavy atom. The van der Waals surface area contributed by atoms with Crippen LogP contribution >= 0.6 is 11.6 Å². The van der Waals surface area contributed by atoms with Crippen LogP contribution in [0.2, 0.25) is 5.02 Å². The van der Waals surface area contributed by atoms with Crippen molar-refractivity contribution in [1.29, 1.82) is 0 Å². The number of carboxylic acid groups (broad SMARTS) is 1. The molecule has 0 saturated carbocycles. The van der Waals surface area contributed by atoms with Gasteiger partial charge in [-0.25, -0.2) is 4.79 Å². The molecule has 3 N–H and O–H groups in total. The van der Waals surface area contributed by atoms with Crippen molar-refractivity contribution in [1.82, 2.24) is 0 Å². The van der Waals surface area contributed by atoms with E-state index in [4.69, 9.17) is 22.6 Å². The topological polar surface area (TPSA) is 75.7 Å². The lowest BCUT2D eigenvalue weighted by Gasteiger charge is -2.01. The Bertz CT molecular complexity index is 363. The normalized spacial score (nSPS) is 10.5. The lowest BCUT2D eigenvalue weighted by atomic mass is 10.1. The van der Waals surface area contributed by atoms with E-state index in [2.05, 4.69) is 5.10 Å². The lowest BCUT2D eigenvalue weighted by molar-refractivity contribution is 0.0697. The van der Waals surface area contributed by atoms with E-state index in [1.807, 2.05) is 0 Å². The highest BCUT2D eigenvalue weighted by Crippen LogP contribution is 2.17. The Morgan fingerprint density at radius 3 is 2.85 bits per heavy atom. The Balaban J connectivity index is 3.33. The van der Waals surface area contributed by atoms with Gasteiger partial charge in [0.05, 0.1) is 16.8 Å². The second kappa shape index (κ2) is 3.91. The molecule has 0 amide bonds. The van der Waals surface area contributed by atoms with Crippen LogP contribution in [0.5, 0.6) is 0 Å². The van der Waals surface area contributed by atoms with Crippen molar-refractivity contribution in [2.75, 3.05) is 0 Å². The van der Waals surface area contributed by atoms with E-state index < -0.39 is 5.97 Å². The summed E-state index contributed by atoms with van der Waals surface area (Å²) >= 11 is 5.74. The van der Waals surface area contributed by atoms with Gasteiger partial charge in [-0.05, 0) is 12.1 Å². The predicted octanol–water partition coefficient (Wildman–Crippen LogP) is 1.33. The van der Waals surface area contributed by atoms with E-state index in [9.17, 15) is 4.79 Å². The molecule has 0 bridgehead atoms. The molecule has 0 aromatic heterocycles. The SMILES string of the molecule is NN=Cc1c(Cl)cccc1C(=O)O. The molecule has 1 aromatic carbocycles. The first-order valence-corrected chi connectivity index (χ1v) is 3.79. The third-order valence-corrected chi connectivity index (χ3v) is 1.82. The van der Waals surface area contributed by atoms with Crippen molar-refractivity contribution < 1.29 is 9.90 Å². The zero-order valence-electron chi connectivity index (χ0n) is 6.57. The number of benzene rings is 1. The first-order valence-electron chi connectivity index (χ1n) is 3.42. The van der Waals surface area contributed by atoms with E-state index in [1.165, 1.54) is 12.3 Å². The van der Waals surface area contributed by atoms with Crippen LogP contribution < -0.4 is 5.84 Å². The second-order valence-corrected chi connectivity index (χ2v) is 2.69. The van der Waals surface area contributed by atoms with Crippen LogP contribution in [0.3, 0.4) is 0 Å². The number of carboxylic acids is 1. The third kappa shape index (κ3) is 1.97. The Morgan fingerprint density at radius 2 is 2.31 bits per heavy atom. The van der Waals surface area contributed by atoms with Gasteiger partial charge in [-0.1, -0.05) is 17.7 Å². The molecule has 0 saturated heterocycles. The monoisotopic (exact) mass is 198 g/mol. The van der Waals surface area contributed by atoms with Gasteiger partial charge in [-0.15, -0.1) is 0 Å². The van der Waals surface area contributed by atoms with Gasteiger partial charge in [0.25, 0.3) is 0 Å². The molecule has 13 heavy (non-hydrogen) atoms. The van der Waals surface area contributed by atoms with Gasteiger partial charge in [-0.2, -0.15) is 5.10 Å². The van der Waals surface area contributed by atoms with Crippen LogP contribution in [0.25, 0.3) is 0 Å². The van der Waals surface area contributed by atoms with Gasteiger partial charge in [0, 0.05) is 5.56 Å². The minimum absolute atomic E-state index is 0.0849. The van der Waals surface area contributed by atoms with E-state index in [-0.39, 0.29) is 5.56 Å². The van der Waals surface area contributed by atoms with Crippen molar-refractivity contribution in [2.24, 2.45) is 10.9 Å². The zero-order valence-corrected chi connectivity index (χ0v) is 7.32. The van der Waals surface area contributed by atoms with Gasteiger partial charge >= 0.3 is 5.97 Å². The molecule has 0 aliphatic carbocycles. The van der Waals surface area contributed by atoms with Crippen molar-refractivity contribution in [3.05, 3.63) is 34.3 Å². The number of hydrogen-bond acceptors (Lipinski definition) is 3. The molecule has 0 unspecified atom stereocenters. The van der Waals surface area contributed by atoms with Crippen LogP contribution in [-0.4, -0.2) is 17.3 Å². The number of aromatic carboxylic acids is 1. The fraction of sp³-hybridized carbons (Fsp3) is 0. The molecule has 0 aliphatic heterocycles. The van der Waals surface area contributed by atoms with Crippen molar-refractivity contribution >= 4 is 23.8 Å². The lowest BCUT2D eigenvalue weighted by Crippen LogP contribution is -2.03. The van der Waals surface area contributed by atoms with Gasteiger partial charge in [0.15, 0.2) is 0 Å². The molecule has 0 spiro atoms. The van der Waals surface area contributed by atoms with Crippen molar-refractivity contribution in [2.45, 2.75) is 0 Å². The third-order valence-electron chi connectivity index (χ3n) is 1.49. The summed E-state index contributed by atoms with van der Waals surface area (Å²) in [5.74, 6) is 3.86. The average Bonchev–Trinajstić information content (AvgIpc) is 2.08. The predicted molar refractivity (Wildman–Crippen MR) is 50.2 cm³/mol. The molecule has 0 heterocycles. The Kier molecular flexibility index (Phi) is 2.87. The molecule has 1 rings (SSSR count). The zero-order chi connectivity index (χ0) is 9.84. The molecular formula is C8H7ClN2O2. The maximum atomic E-state index is 10.7. The highest BCUT2D eigenvalue weighted by molar-refractivity contribution is 6.33. The smallest absolute Gasteiger partial charge is 0.336 e. The van der Waals surface area contributed by atoms with Crippen LogP contribution in [0.1, 0.15) is 15.9 Å². The number of nitrogens with zero attached hydrogens (tertiary/aromatic N) is 1. The highest BCUT2D eigenvalue weighted by Gasteiger charge is 2.10. The summed E-state index contributed by atoms with van der Waals surface area (Å²) in [5.41, 5.74) is 0.404. The minimum Gasteiger partial charge on any atom is -0.478 e. The van der Waals surface area contributed by atoms with Crippen molar-refractivity contribution in [3.8, 4) is 0 Å². The first-order chi connectivity index (χ1) is 6.16. The van der Waals surface area contributed by atoms with Crippen LogP contribution in [-0.2, 0) is 0 Å². The summed E-state index contributed by atoms with van der Waals surface area (Å²) in [6, 6.07) is 4.57. The maximum Gasteiger partial charge on any atom is 0.336 e. The van der Waals surface area contributed by atoms with E-state index in [1.54, 1.807) is 12.1 Å². The Hall–Kier alpha value is -1.55. The molecular weight excluding hydrogens is 192 g/mol. The molecule has 0 aliphatic rings. The molecule has 0 fully saturated rings. The van der Waals surface area contributed by atoms with E-state index in [0.717, 1.165) is 0 Å². The quantitative estimate of drug-likeness (QED) is 0.428. The van der Waals surface area contributed by atoms with Crippen LogP contribution in [0.15, 0.2) is 23.3 Å². The van der Waals surface area contributed by atoms with Crippen molar-refractivity contribution in [3.63, 3.8) is 0 Å². The molecule has 4 nitrogen and oxygen atoms in total. The van der Waals surface area contributed by atoms with Crippen LogP contribution in [0.4, 0.5) is 0 Å². The maximum absolute atomic E-state index is 10.7. The summed E-state index contributed by atoms with van der Waals surface area (Å²) in [7, 11) is 0. The molecule has 0 atom stereocenters. The number of hydrazone groups is 1. The molecule has 5 heteroatoms. The fourth-order valence-electron chi connectivity index (χ4n) is 0.929. The molecule has 1 aromatic rings. The fourth-order valence-corrected chi connectivity index (χ4v) is 1.15. The summed E-state index contributed by atoms with van der Waals surface area (Å²) in [5, 5.41) is 12.3. The number of nitrogens with two attached hydrogens (primary N) is 1. The molecule has 0 radical (unpaired) electrons. The number of halogens is 1. The summed E-state index contributed by atoms with van der Waals surface area (Å²) in [6.45, 7) is 0. The van der Waals surface area contributed by atoms with Gasteiger partial charge in [0.2, 0.25) is 0 Å². The molecule has 68 valence electrons. The summed E-state index contributed by atoms with van der Waals surface area (Å²) in [6.07, 6.45) is 1.21. The van der Waals surface area contributed by atoms with E-state index >= 15 is 0 Å². The number of rotatable bonds is 2. The van der Waals surface area contributed by atoms with Crippen LogP contribution in [0, 0.1) is 0 Å². The summed E-state index contributed by atoms with van der Waals surface area (Å²) < 4.78 is 0. The largest absolute Gasteiger partial charge is 0.478 e. The van der Waals surface area contributed by atoms with Gasteiger partial charge in [-0.3, -0.25) is 0 Å². The standard InChI is InChI=1S/C8H7ClN2O2/c9-7-3-1-2-5(8(12)13)6(7)4-11-10/h1-4H,10H2,(H,12,13). The van der Waals surface area contributed by atoms with E-state index in [0.29, 0.717) is 10.6 Å². The summed E-state index contributed by atoms with van der Waals surface area (Å²) in [4.78, 5) is 10.7. The first kappa shape index (κ1) is 9.54. The van der Waals surface area contributed by atoms with Gasteiger partial charge < -0.3 is 10.9 Å². The Labute approximate surface area is 79.6 Å². The minimum atomic E-state index is -1.06. The van der Waals surface area contributed by atoms with Gasteiger partial charge in [0.1, 0.15) is 0 Å². The number of hydrogen-bond donors (Lipinski definition) is 2.